The molecule has 60 heavy (non-hydrogen) atoms. The number of hydrogen-bond donors (Lipinski definition) is 0. The maximum Gasteiger partial charge on any atom is 0.0568 e. The lowest BCUT2D eigenvalue weighted by Crippen LogP contribution is -2.10. The van der Waals surface area contributed by atoms with Gasteiger partial charge < -0.3 is 18.9 Å². The van der Waals surface area contributed by atoms with E-state index in [1.807, 2.05) is 0 Å². The predicted molar refractivity (Wildman–Crippen MR) is 253 cm³/mol. The first-order valence-corrected chi connectivity index (χ1v) is 20.5. The Morgan fingerprint density at radius 2 is 0.650 bits per heavy atom. The standard InChI is InChI=1S/C56H38N4/c1-6-18-41(19-7-1)57(42-20-8-2-9-21-42)47-34-39-30-31-40-35-48(38-54-56(40)55(39)53(37-47)60(54)45-26-14-5-15-27-45)58(43-22-10-3-11-23-43)46-32-33-52-50(36-46)49-28-16-17-29-51(49)59(52)44-24-12-4-13-25-44/h1-38H. The number of anilines is 6. The van der Waals surface area contributed by atoms with E-state index in [1.54, 1.807) is 0 Å². The van der Waals surface area contributed by atoms with Crippen LogP contribution in [0.5, 0.6) is 0 Å². The number of hydrogen-bond acceptors (Lipinski definition) is 2. The molecule has 12 aromatic rings. The Morgan fingerprint density at radius 1 is 0.250 bits per heavy atom. The van der Waals surface area contributed by atoms with Crippen LogP contribution in [0.1, 0.15) is 0 Å². The normalized spacial score (nSPS) is 11.7. The van der Waals surface area contributed by atoms with Gasteiger partial charge >= 0.3 is 0 Å². The van der Waals surface area contributed by atoms with E-state index in [1.165, 1.54) is 54.4 Å². The number of aromatic nitrogens is 2. The third-order valence-electron chi connectivity index (χ3n) is 11.9. The van der Waals surface area contributed by atoms with Crippen molar-refractivity contribution in [3.63, 3.8) is 0 Å². The van der Waals surface area contributed by atoms with Gasteiger partial charge in [-0.15, -0.1) is 0 Å². The van der Waals surface area contributed by atoms with Crippen molar-refractivity contribution in [2.24, 2.45) is 0 Å². The molecule has 0 atom stereocenters. The number of benzene rings is 10. The molecule has 4 heteroatoms. The molecule has 0 aliphatic heterocycles. The van der Waals surface area contributed by atoms with Gasteiger partial charge in [-0.25, -0.2) is 0 Å². The van der Waals surface area contributed by atoms with Crippen molar-refractivity contribution in [2.45, 2.75) is 0 Å². The summed E-state index contributed by atoms with van der Waals surface area (Å²) in [6, 6.07) is 83.4. The topological polar surface area (TPSA) is 16.3 Å². The fourth-order valence-electron chi connectivity index (χ4n) is 9.43. The van der Waals surface area contributed by atoms with Crippen LogP contribution in [0.25, 0.3) is 65.8 Å². The van der Waals surface area contributed by atoms with E-state index < -0.39 is 0 Å². The average molecular weight is 767 g/mol. The summed E-state index contributed by atoms with van der Waals surface area (Å²) in [4.78, 5) is 4.78. The Morgan fingerprint density at radius 3 is 1.15 bits per heavy atom. The van der Waals surface area contributed by atoms with Crippen LogP contribution in [-0.2, 0) is 0 Å². The first-order chi connectivity index (χ1) is 29.8. The third-order valence-corrected chi connectivity index (χ3v) is 11.9. The zero-order chi connectivity index (χ0) is 39.6. The average Bonchev–Trinajstić information content (AvgIpc) is 3.83. The van der Waals surface area contributed by atoms with Crippen molar-refractivity contribution in [1.29, 1.82) is 0 Å². The molecule has 0 fully saturated rings. The molecular formula is C56H38N4. The van der Waals surface area contributed by atoms with Gasteiger partial charge in [-0.05, 0) is 120 Å². The van der Waals surface area contributed by atoms with Gasteiger partial charge in [-0.3, -0.25) is 0 Å². The minimum absolute atomic E-state index is 1.10. The van der Waals surface area contributed by atoms with Crippen LogP contribution in [-0.4, -0.2) is 9.13 Å². The first kappa shape index (κ1) is 34.0. The van der Waals surface area contributed by atoms with Crippen molar-refractivity contribution in [1.82, 2.24) is 9.13 Å². The fourth-order valence-corrected chi connectivity index (χ4v) is 9.43. The van der Waals surface area contributed by atoms with E-state index >= 15 is 0 Å². The molecule has 0 N–H and O–H groups in total. The SMILES string of the molecule is c1ccc(N(c2ccccc2)c2cc3ccc4cc(N(c5ccccc5)c5ccc6c(c5)c5ccccc5n6-c5ccccc5)cc5c4c3c(c2)n5-c2ccccc2)cc1. The van der Waals surface area contributed by atoms with Crippen molar-refractivity contribution >= 4 is 88.5 Å². The van der Waals surface area contributed by atoms with Crippen molar-refractivity contribution in [3.05, 3.63) is 231 Å². The Bertz CT molecular complexity index is 3430. The molecular weight excluding hydrogens is 729 g/mol. The van der Waals surface area contributed by atoms with E-state index in [-0.39, 0.29) is 0 Å². The molecule has 0 saturated carbocycles. The number of nitrogens with zero attached hydrogens (tertiary/aromatic N) is 4. The lowest BCUT2D eigenvalue weighted by atomic mass is 10.00. The molecule has 10 aromatic carbocycles. The molecule has 0 spiro atoms. The highest BCUT2D eigenvalue weighted by molar-refractivity contribution is 6.26. The third kappa shape index (κ3) is 5.39. The second-order valence-corrected chi connectivity index (χ2v) is 15.4. The maximum absolute atomic E-state index is 2.46. The summed E-state index contributed by atoms with van der Waals surface area (Å²) < 4.78 is 4.84. The summed E-state index contributed by atoms with van der Waals surface area (Å²) in [6.07, 6.45) is 0. The summed E-state index contributed by atoms with van der Waals surface area (Å²) in [5.74, 6) is 0. The molecule has 2 heterocycles. The summed E-state index contributed by atoms with van der Waals surface area (Å²) >= 11 is 0. The zero-order valence-corrected chi connectivity index (χ0v) is 32.7. The zero-order valence-electron chi connectivity index (χ0n) is 32.7. The van der Waals surface area contributed by atoms with Gasteiger partial charge in [0.05, 0.1) is 22.1 Å². The Labute approximate surface area is 348 Å². The minimum Gasteiger partial charge on any atom is -0.310 e. The molecule has 12 rings (SSSR count). The van der Waals surface area contributed by atoms with Gasteiger partial charge in [0.15, 0.2) is 0 Å². The van der Waals surface area contributed by atoms with E-state index in [4.69, 9.17) is 0 Å². The van der Waals surface area contributed by atoms with E-state index in [2.05, 4.69) is 249 Å². The number of rotatable bonds is 8. The molecule has 4 nitrogen and oxygen atoms in total. The largest absolute Gasteiger partial charge is 0.310 e. The Hall–Kier alpha value is -8.08. The smallest absolute Gasteiger partial charge is 0.0568 e. The van der Waals surface area contributed by atoms with Crippen LogP contribution in [0.15, 0.2) is 231 Å². The van der Waals surface area contributed by atoms with E-state index in [0.717, 1.165) is 45.5 Å². The Balaban J connectivity index is 1.12. The maximum atomic E-state index is 2.46. The van der Waals surface area contributed by atoms with Gasteiger partial charge in [0.25, 0.3) is 0 Å². The Kier molecular flexibility index (Phi) is 7.82. The number of para-hydroxylation sites is 6. The monoisotopic (exact) mass is 766 g/mol. The van der Waals surface area contributed by atoms with Crippen molar-refractivity contribution in [2.75, 3.05) is 9.80 Å². The lowest BCUT2D eigenvalue weighted by molar-refractivity contribution is 1.17. The van der Waals surface area contributed by atoms with Gasteiger partial charge in [-0.1, -0.05) is 121 Å². The van der Waals surface area contributed by atoms with E-state index in [0.29, 0.717) is 0 Å². The van der Waals surface area contributed by atoms with Crippen molar-refractivity contribution < 1.29 is 0 Å². The molecule has 0 aliphatic carbocycles. The highest BCUT2D eigenvalue weighted by atomic mass is 15.2. The highest BCUT2D eigenvalue weighted by Gasteiger charge is 2.24. The van der Waals surface area contributed by atoms with Crippen LogP contribution >= 0.6 is 0 Å². The van der Waals surface area contributed by atoms with E-state index in [9.17, 15) is 0 Å². The fraction of sp³-hybridized carbons (Fsp3) is 0. The minimum atomic E-state index is 1.10. The molecule has 0 aliphatic rings. The molecule has 0 amide bonds. The molecule has 0 saturated heterocycles. The van der Waals surface area contributed by atoms with Crippen molar-refractivity contribution in [3.8, 4) is 11.4 Å². The van der Waals surface area contributed by atoms with Gasteiger partial charge in [0, 0.05) is 67.0 Å². The van der Waals surface area contributed by atoms with Gasteiger partial charge in [-0.2, -0.15) is 0 Å². The summed E-state index contributed by atoms with van der Waals surface area (Å²) in [7, 11) is 0. The summed E-state index contributed by atoms with van der Waals surface area (Å²) in [5, 5.41) is 7.39. The molecule has 2 aromatic heterocycles. The van der Waals surface area contributed by atoms with Crippen LogP contribution < -0.4 is 9.80 Å². The lowest BCUT2D eigenvalue weighted by Gasteiger charge is -2.26. The summed E-state index contributed by atoms with van der Waals surface area (Å²) in [5.41, 5.74) is 13.6. The quantitative estimate of drug-likeness (QED) is 0.143. The van der Waals surface area contributed by atoms with Gasteiger partial charge in [0.1, 0.15) is 0 Å². The molecule has 0 bridgehead atoms. The first-order valence-electron chi connectivity index (χ1n) is 20.5. The number of fused-ring (bicyclic) bond motifs is 3. The second kappa shape index (κ2) is 13.8. The molecule has 0 radical (unpaired) electrons. The van der Waals surface area contributed by atoms with Crippen LogP contribution in [0, 0.1) is 0 Å². The van der Waals surface area contributed by atoms with Gasteiger partial charge in [0.2, 0.25) is 0 Å². The molecule has 282 valence electrons. The molecule has 0 unspecified atom stereocenters. The predicted octanol–water partition coefficient (Wildman–Crippen LogP) is 15.4. The summed E-state index contributed by atoms with van der Waals surface area (Å²) in [6.45, 7) is 0. The van der Waals surface area contributed by atoms with Crippen LogP contribution in [0.3, 0.4) is 0 Å². The van der Waals surface area contributed by atoms with Crippen LogP contribution in [0.4, 0.5) is 34.1 Å². The van der Waals surface area contributed by atoms with Crippen LogP contribution in [0.2, 0.25) is 0 Å². The second-order valence-electron chi connectivity index (χ2n) is 15.4. The highest BCUT2D eigenvalue weighted by Crippen LogP contribution is 2.47.